The van der Waals surface area contributed by atoms with Crippen LogP contribution in [0, 0.1) is 17.8 Å². The Morgan fingerprint density at radius 1 is 0.961 bits per heavy atom. The fraction of sp³-hybridized carbons (Fsp3) is 0.973. The number of carbonyl (C=O) groups is 1. The zero-order valence-corrected chi connectivity index (χ0v) is 33.2. The van der Waals surface area contributed by atoms with Crippen molar-refractivity contribution >= 4 is 5.97 Å². The predicted molar refractivity (Wildman–Crippen MR) is 190 cm³/mol. The van der Waals surface area contributed by atoms with Crippen LogP contribution in [0.2, 0.25) is 0 Å². The van der Waals surface area contributed by atoms with Gasteiger partial charge in [0.2, 0.25) is 0 Å². The van der Waals surface area contributed by atoms with Crippen LogP contribution < -0.4 is 5.32 Å². The molecule has 0 spiro atoms. The second-order valence-corrected chi connectivity index (χ2v) is 16.5. The minimum atomic E-state index is -1.80. The molecule has 3 aliphatic heterocycles. The number of esters is 1. The van der Waals surface area contributed by atoms with Crippen LogP contribution >= 0.6 is 0 Å². The molecule has 3 fully saturated rings. The van der Waals surface area contributed by atoms with Gasteiger partial charge in [-0.15, -0.1) is 0 Å². The van der Waals surface area contributed by atoms with E-state index in [1.165, 1.54) is 14.0 Å². The van der Waals surface area contributed by atoms with Crippen LogP contribution in [0.25, 0.3) is 0 Å². The molecule has 0 amide bonds. The summed E-state index contributed by atoms with van der Waals surface area (Å²) in [6, 6.07) is -0.858. The Hall–Kier alpha value is -1.01. The minimum Gasteiger partial charge on any atom is -0.459 e. The average Bonchev–Trinajstić information content (AvgIpc) is 3.05. The maximum absolute atomic E-state index is 14.2. The summed E-state index contributed by atoms with van der Waals surface area (Å²) in [5.41, 5.74) is -4.37. The number of aliphatic hydroxyl groups is 5. The van der Waals surface area contributed by atoms with E-state index < -0.39 is 96.0 Å². The molecule has 3 aliphatic rings. The molecule has 3 rings (SSSR count). The van der Waals surface area contributed by atoms with E-state index in [2.05, 4.69) is 5.32 Å². The third kappa shape index (κ3) is 10.0. The summed E-state index contributed by atoms with van der Waals surface area (Å²) in [4.78, 5) is 16.1. The Kier molecular flexibility index (Phi) is 15.3. The maximum atomic E-state index is 14.2. The second kappa shape index (κ2) is 17.6. The smallest absolute Gasteiger partial charge is 0.311 e. The van der Waals surface area contributed by atoms with Crippen molar-refractivity contribution in [3.63, 3.8) is 0 Å². The zero-order chi connectivity index (χ0) is 38.8. The van der Waals surface area contributed by atoms with Crippen molar-refractivity contribution in [2.24, 2.45) is 17.8 Å². The van der Waals surface area contributed by atoms with Crippen molar-refractivity contribution in [1.29, 1.82) is 0 Å². The molecule has 3 heterocycles. The third-order valence-electron chi connectivity index (χ3n) is 11.9. The maximum Gasteiger partial charge on any atom is 0.311 e. The second-order valence-electron chi connectivity index (χ2n) is 16.5. The van der Waals surface area contributed by atoms with Gasteiger partial charge < -0.3 is 64.2 Å². The van der Waals surface area contributed by atoms with E-state index >= 15 is 0 Å². The molecule has 18 atom stereocenters. The fourth-order valence-electron chi connectivity index (χ4n) is 8.53. The van der Waals surface area contributed by atoms with Crippen LogP contribution in [0.4, 0.5) is 0 Å². The largest absolute Gasteiger partial charge is 0.459 e. The summed E-state index contributed by atoms with van der Waals surface area (Å²) in [7, 11) is 5.10. The van der Waals surface area contributed by atoms with E-state index in [1.54, 1.807) is 48.6 Å². The lowest BCUT2D eigenvalue weighted by Crippen LogP contribution is -2.60. The molecule has 0 bridgehead atoms. The summed E-state index contributed by atoms with van der Waals surface area (Å²) < 4.78 is 37.3. The average molecular weight is 735 g/mol. The van der Waals surface area contributed by atoms with Gasteiger partial charge in [-0.3, -0.25) is 4.79 Å². The molecule has 14 heteroatoms. The lowest BCUT2D eigenvalue weighted by atomic mass is 9.77. The first-order chi connectivity index (χ1) is 23.5. The quantitative estimate of drug-likeness (QED) is 0.207. The molecule has 0 aromatic carbocycles. The van der Waals surface area contributed by atoms with Crippen molar-refractivity contribution in [3.05, 3.63) is 0 Å². The van der Waals surface area contributed by atoms with Gasteiger partial charge in [0.25, 0.3) is 0 Å². The fourth-order valence-corrected chi connectivity index (χ4v) is 8.53. The highest BCUT2D eigenvalue weighted by molar-refractivity contribution is 5.73. The normalized spacial score (nSPS) is 50.2. The number of cyclic esters (lactones) is 1. The lowest BCUT2D eigenvalue weighted by Gasteiger charge is -2.48. The van der Waals surface area contributed by atoms with Crippen LogP contribution in [0.15, 0.2) is 0 Å². The zero-order valence-electron chi connectivity index (χ0n) is 33.2. The standard InChI is InChI=1S/C37H70N2O12/c1-14-26-37(10,45)30(41)23(6)39(12)18-19(2)16-35(8,44)32(51-34-28(40)25(38-11)15-20(3)47-34)21(4)29(22(5)33(43)49-26)50-27-17-36(9,46-13)31(42)24(7)48-27/h19-32,34,38,40-42,44-45H,14-18H2,1-13H3/t19-,20-,21+,22-,23-,24+,25+,26-,27+,28+,29+,30-,31+,32-,34+,35-,36-,37-/m1/s1. The Morgan fingerprint density at radius 2 is 1.59 bits per heavy atom. The number of ether oxygens (including phenoxy) is 6. The number of aliphatic hydroxyl groups excluding tert-OH is 3. The highest BCUT2D eigenvalue weighted by Crippen LogP contribution is 2.40. The Bertz CT molecular complexity index is 1110. The van der Waals surface area contributed by atoms with Crippen molar-refractivity contribution in [1.82, 2.24) is 10.2 Å². The molecule has 0 saturated carbocycles. The topological polar surface area (TPSA) is 189 Å². The number of methoxy groups -OCH3 is 1. The van der Waals surface area contributed by atoms with E-state index in [0.717, 1.165) is 0 Å². The van der Waals surface area contributed by atoms with Gasteiger partial charge in [-0.05, 0) is 87.7 Å². The molecular formula is C37H70N2O12. The van der Waals surface area contributed by atoms with Crippen molar-refractivity contribution < 1.29 is 58.7 Å². The highest BCUT2D eigenvalue weighted by atomic mass is 16.7. The number of nitrogens with zero attached hydrogens (tertiary/aromatic N) is 1. The first kappa shape index (κ1) is 44.4. The van der Waals surface area contributed by atoms with Gasteiger partial charge in [0.05, 0.1) is 41.5 Å². The summed E-state index contributed by atoms with van der Waals surface area (Å²) in [5.74, 6) is -2.59. The third-order valence-corrected chi connectivity index (χ3v) is 11.9. The molecule has 3 saturated heterocycles. The van der Waals surface area contributed by atoms with Crippen LogP contribution in [0.5, 0.6) is 0 Å². The molecular weight excluding hydrogens is 664 g/mol. The van der Waals surface area contributed by atoms with Gasteiger partial charge >= 0.3 is 5.97 Å². The van der Waals surface area contributed by atoms with Crippen LogP contribution in [-0.4, -0.2) is 154 Å². The van der Waals surface area contributed by atoms with Crippen LogP contribution in [-0.2, 0) is 33.2 Å². The molecule has 0 aromatic heterocycles. The van der Waals surface area contributed by atoms with Gasteiger partial charge in [-0.1, -0.05) is 20.8 Å². The van der Waals surface area contributed by atoms with Crippen molar-refractivity contribution in [3.8, 4) is 0 Å². The number of likely N-dealkylation sites (N-methyl/N-ethyl adjacent to an activating group) is 2. The first-order valence-electron chi connectivity index (χ1n) is 18.8. The molecule has 14 nitrogen and oxygen atoms in total. The Balaban J connectivity index is 2.16. The summed E-state index contributed by atoms with van der Waals surface area (Å²) in [6.45, 7) is 18.0. The van der Waals surface area contributed by atoms with E-state index in [1.807, 2.05) is 32.7 Å². The van der Waals surface area contributed by atoms with E-state index in [0.29, 0.717) is 13.0 Å². The lowest BCUT2D eigenvalue weighted by molar-refractivity contribution is -0.316. The molecule has 6 N–H and O–H groups in total. The Morgan fingerprint density at radius 3 is 2.16 bits per heavy atom. The van der Waals surface area contributed by atoms with Gasteiger partial charge in [-0.2, -0.15) is 0 Å². The SMILES string of the molecule is CC[C@H]1OC(=O)[C@H](C)[C@@H](O[C@H]2C[C@@](C)(OC)[C@@H](O)[C@H](C)O2)[C@H](C)[C@@H](O[C@@H]2O[C@H](C)C[C@H](NC)[C@@H]2O)[C@](C)(O)C[C@@H](C)CN(C)[C@H](C)[C@@H](O)[C@]1(C)O. The minimum absolute atomic E-state index is 0.132. The van der Waals surface area contributed by atoms with Gasteiger partial charge in [-0.25, -0.2) is 0 Å². The van der Waals surface area contributed by atoms with Crippen LogP contribution in [0.1, 0.15) is 94.9 Å². The monoisotopic (exact) mass is 734 g/mol. The molecule has 0 radical (unpaired) electrons. The number of hydrogen-bond donors (Lipinski definition) is 6. The molecule has 0 aromatic rings. The van der Waals surface area contributed by atoms with Gasteiger partial charge in [0.1, 0.15) is 30.0 Å². The highest BCUT2D eigenvalue weighted by Gasteiger charge is 2.52. The number of rotatable bonds is 7. The molecule has 51 heavy (non-hydrogen) atoms. The first-order valence-corrected chi connectivity index (χ1v) is 18.8. The number of hydrogen-bond acceptors (Lipinski definition) is 14. The number of nitrogens with one attached hydrogen (secondary N) is 1. The van der Waals surface area contributed by atoms with E-state index in [4.69, 9.17) is 28.4 Å². The molecule has 0 aliphatic carbocycles. The Labute approximate surface area is 305 Å². The summed E-state index contributed by atoms with van der Waals surface area (Å²) in [6.07, 6.45) is -8.24. The number of carbonyl (C=O) groups excluding carboxylic acids is 1. The summed E-state index contributed by atoms with van der Waals surface area (Å²) >= 11 is 0. The molecule has 300 valence electrons. The van der Waals surface area contributed by atoms with Gasteiger partial charge in [0, 0.05) is 38.1 Å². The van der Waals surface area contributed by atoms with E-state index in [-0.39, 0.29) is 37.3 Å². The van der Waals surface area contributed by atoms with Gasteiger partial charge in [0.15, 0.2) is 12.6 Å². The molecule has 0 unspecified atom stereocenters. The van der Waals surface area contributed by atoms with Crippen molar-refractivity contribution in [2.75, 3.05) is 27.7 Å². The summed E-state index contributed by atoms with van der Waals surface area (Å²) in [5, 5.41) is 61.0. The predicted octanol–water partition coefficient (Wildman–Crippen LogP) is 1.56. The van der Waals surface area contributed by atoms with E-state index in [9.17, 15) is 30.3 Å². The van der Waals surface area contributed by atoms with Crippen LogP contribution in [0.3, 0.4) is 0 Å². The van der Waals surface area contributed by atoms with Crippen molar-refractivity contribution in [2.45, 2.75) is 185 Å².